The van der Waals surface area contributed by atoms with Gasteiger partial charge in [-0.2, -0.15) is 13.2 Å². The predicted octanol–water partition coefficient (Wildman–Crippen LogP) is 4.74. The summed E-state index contributed by atoms with van der Waals surface area (Å²) >= 11 is 1.26. The smallest absolute Gasteiger partial charge is 0.339 e. The summed E-state index contributed by atoms with van der Waals surface area (Å²) in [4.78, 5) is 33.2. The first kappa shape index (κ1) is 24.3. The van der Waals surface area contributed by atoms with Crippen molar-refractivity contribution in [3.63, 3.8) is 0 Å². The molecule has 0 aromatic heterocycles. The van der Waals surface area contributed by atoms with Gasteiger partial charge < -0.3 is 4.90 Å². The van der Waals surface area contributed by atoms with Crippen molar-refractivity contribution < 1.29 is 22.8 Å². The van der Waals surface area contributed by atoms with Crippen molar-refractivity contribution in [2.75, 3.05) is 44.2 Å². The minimum Gasteiger partial charge on any atom is -0.339 e. The Morgan fingerprint density at radius 1 is 1.03 bits per heavy atom. The zero-order valence-corrected chi connectivity index (χ0v) is 19.7. The average molecular weight is 490 g/mol. The Kier molecular flexibility index (Phi) is 7.33. The number of carbonyl (C=O) groups is 2. The van der Waals surface area contributed by atoms with Gasteiger partial charge in [-0.15, -0.1) is 0 Å². The first-order valence-corrected chi connectivity index (χ1v) is 12.1. The number of amides is 2. The molecule has 0 atom stereocenters. The number of rotatable bonds is 5. The Hall–Kier alpha value is -2.78. The molecule has 0 N–H and O–H groups in total. The highest BCUT2D eigenvalue weighted by molar-refractivity contribution is 8.04. The third-order valence-corrected chi connectivity index (χ3v) is 7.00. The SMILES string of the molecule is CCCN1CCN(C(=O)CN2C(=O)C(=Cc3ccc(C(F)(F)F)cc3)Sc3ccccc32)CC1. The fourth-order valence-electron chi connectivity index (χ4n) is 4.11. The zero-order chi connectivity index (χ0) is 24.3. The Morgan fingerprint density at radius 2 is 1.71 bits per heavy atom. The first-order chi connectivity index (χ1) is 16.3. The lowest BCUT2D eigenvalue weighted by molar-refractivity contribution is -0.137. The normalized spacial score (nSPS) is 18.4. The van der Waals surface area contributed by atoms with Gasteiger partial charge in [-0.25, -0.2) is 0 Å². The summed E-state index contributed by atoms with van der Waals surface area (Å²) in [5.41, 5.74) is 0.412. The van der Waals surface area contributed by atoms with Crippen molar-refractivity contribution in [1.29, 1.82) is 0 Å². The van der Waals surface area contributed by atoms with Crippen molar-refractivity contribution in [3.8, 4) is 0 Å². The summed E-state index contributed by atoms with van der Waals surface area (Å²) in [5.74, 6) is -0.443. The van der Waals surface area contributed by atoms with Crippen LogP contribution in [0.1, 0.15) is 24.5 Å². The molecule has 0 aliphatic carbocycles. The van der Waals surface area contributed by atoms with Crippen molar-refractivity contribution in [3.05, 3.63) is 64.6 Å². The molecule has 2 heterocycles. The molecule has 0 bridgehead atoms. The predicted molar refractivity (Wildman–Crippen MR) is 127 cm³/mol. The number of nitrogens with zero attached hydrogens (tertiary/aromatic N) is 3. The number of alkyl halides is 3. The standard InChI is InChI=1S/C25H26F3N3O2S/c1-2-11-29-12-14-30(15-13-29)23(32)17-31-20-5-3-4-6-21(20)34-22(24(31)33)16-18-7-9-19(10-8-18)25(26,27)28/h3-10,16H,2,11-15,17H2,1H3. The number of hydrogen-bond donors (Lipinski definition) is 0. The van der Waals surface area contributed by atoms with Crippen molar-refractivity contribution in [2.24, 2.45) is 0 Å². The maximum atomic E-state index is 13.4. The van der Waals surface area contributed by atoms with Crippen LogP contribution in [0.2, 0.25) is 0 Å². The van der Waals surface area contributed by atoms with Gasteiger partial charge in [0.15, 0.2) is 0 Å². The van der Waals surface area contributed by atoms with E-state index in [2.05, 4.69) is 11.8 Å². The molecule has 2 aromatic carbocycles. The molecule has 0 radical (unpaired) electrons. The van der Waals surface area contributed by atoms with Crippen LogP contribution in [0.4, 0.5) is 18.9 Å². The van der Waals surface area contributed by atoms with Crippen LogP contribution >= 0.6 is 11.8 Å². The number of piperazine rings is 1. The van der Waals surface area contributed by atoms with E-state index in [0.717, 1.165) is 43.1 Å². The molecule has 1 saturated heterocycles. The van der Waals surface area contributed by atoms with Gasteiger partial charge in [-0.1, -0.05) is 43.0 Å². The average Bonchev–Trinajstić information content (AvgIpc) is 2.82. The van der Waals surface area contributed by atoms with E-state index in [1.165, 1.54) is 28.8 Å². The zero-order valence-electron chi connectivity index (χ0n) is 18.8. The largest absolute Gasteiger partial charge is 0.416 e. The number of hydrogen-bond acceptors (Lipinski definition) is 4. The maximum absolute atomic E-state index is 13.4. The van der Waals surface area contributed by atoms with Crippen molar-refractivity contribution >= 4 is 35.3 Å². The highest BCUT2D eigenvalue weighted by atomic mass is 32.2. The second-order valence-electron chi connectivity index (χ2n) is 8.31. The van der Waals surface area contributed by atoms with Crippen molar-refractivity contribution in [2.45, 2.75) is 24.4 Å². The highest BCUT2D eigenvalue weighted by Crippen LogP contribution is 2.42. The lowest BCUT2D eigenvalue weighted by Gasteiger charge is -2.36. The van der Waals surface area contributed by atoms with Crippen LogP contribution in [0.5, 0.6) is 0 Å². The number of anilines is 1. The van der Waals surface area contributed by atoms with Crippen LogP contribution in [0.3, 0.4) is 0 Å². The lowest BCUT2D eigenvalue weighted by atomic mass is 10.1. The number of thioether (sulfide) groups is 1. The van der Waals surface area contributed by atoms with E-state index in [1.54, 1.807) is 11.0 Å². The fraction of sp³-hybridized carbons (Fsp3) is 0.360. The highest BCUT2D eigenvalue weighted by Gasteiger charge is 2.33. The second-order valence-corrected chi connectivity index (χ2v) is 9.40. The Morgan fingerprint density at radius 3 is 2.35 bits per heavy atom. The summed E-state index contributed by atoms with van der Waals surface area (Å²) in [6.45, 7) is 5.96. The van der Waals surface area contributed by atoms with Crippen LogP contribution in [-0.2, 0) is 15.8 Å². The summed E-state index contributed by atoms with van der Waals surface area (Å²) in [6.07, 6.45) is -1.78. The summed E-state index contributed by atoms with van der Waals surface area (Å²) in [5, 5.41) is 0. The van der Waals surface area contributed by atoms with Gasteiger partial charge in [0.25, 0.3) is 5.91 Å². The lowest BCUT2D eigenvalue weighted by Crippen LogP contribution is -2.52. The fourth-order valence-corrected chi connectivity index (χ4v) is 5.17. The third kappa shape index (κ3) is 5.47. The van der Waals surface area contributed by atoms with Gasteiger partial charge >= 0.3 is 6.18 Å². The van der Waals surface area contributed by atoms with Crippen LogP contribution in [0.15, 0.2) is 58.3 Å². The molecule has 0 saturated carbocycles. The van der Waals surface area contributed by atoms with Gasteiger partial charge in [-0.05, 0) is 48.9 Å². The van der Waals surface area contributed by atoms with Gasteiger partial charge in [0.05, 0.1) is 16.2 Å². The van der Waals surface area contributed by atoms with Crippen LogP contribution < -0.4 is 4.90 Å². The molecule has 34 heavy (non-hydrogen) atoms. The Bertz CT molecular complexity index is 1080. The van der Waals surface area contributed by atoms with Crippen molar-refractivity contribution in [1.82, 2.24) is 9.80 Å². The van der Waals surface area contributed by atoms with Crippen LogP contribution in [0, 0.1) is 0 Å². The molecule has 0 unspecified atom stereocenters. The Labute approximate surface area is 201 Å². The molecule has 5 nitrogen and oxygen atoms in total. The number of fused-ring (bicyclic) bond motifs is 1. The number of halogens is 3. The van der Waals surface area contributed by atoms with E-state index in [-0.39, 0.29) is 18.4 Å². The number of benzene rings is 2. The molecule has 2 aliphatic heterocycles. The summed E-state index contributed by atoms with van der Waals surface area (Å²) < 4.78 is 38.6. The molecule has 180 valence electrons. The summed E-state index contributed by atoms with van der Waals surface area (Å²) in [6, 6.07) is 12.0. The van der Waals surface area contributed by atoms with E-state index in [4.69, 9.17) is 0 Å². The van der Waals surface area contributed by atoms with Crippen LogP contribution in [-0.4, -0.2) is 60.9 Å². The van der Waals surface area contributed by atoms with Gasteiger partial charge in [0.2, 0.25) is 5.91 Å². The van der Waals surface area contributed by atoms with Gasteiger partial charge in [0, 0.05) is 31.1 Å². The maximum Gasteiger partial charge on any atom is 0.416 e. The van der Waals surface area contributed by atoms with E-state index in [0.29, 0.717) is 29.2 Å². The minimum atomic E-state index is -4.42. The Balaban J connectivity index is 1.54. The minimum absolute atomic E-state index is 0.0749. The quantitative estimate of drug-likeness (QED) is 0.570. The second kappa shape index (κ2) is 10.2. The molecule has 2 aliphatic rings. The molecule has 4 rings (SSSR count). The van der Waals surface area contributed by atoms with E-state index in [9.17, 15) is 22.8 Å². The molecule has 9 heteroatoms. The van der Waals surface area contributed by atoms with Gasteiger partial charge in [-0.3, -0.25) is 19.4 Å². The molecular weight excluding hydrogens is 463 g/mol. The van der Waals surface area contributed by atoms with Gasteiger partial charge in [0.1, 0.15) is 6.54 Å². The molecule has 0 spiro atoms. The van der Waals surface area contributed by atoms with E-state index >= 15 is 0 Å². The van der Waals surface area contributed by atoms with E-state index in [1.807, 2.05) is 24.3 Å². The monoisotopic (exact) mass is 489 g/mol. The summed E-state index contributed by atoms with van der Waals surface area (Å²) in [7, 11) is 0. The van der Waals surface area contributed by atoms with E-state index < -0.39 is 11.7 Å². The third-order valence-electron chi connectivity index (χ3n) is 5.93. The topological polar surface area (TPSA) is 43.9 Å². The molecule has 2 amide bonds. The number of para-hydroxylation sites is 1. The molecule has 2 aromatic rings. The molecular formula is C25H26F3N3O2S. The first-order valence-electron chi connectivity index (χ1n) is 11.2. The number of carbonyl (C=O) groups excluding carboxylic acids is 2. The molecule has 1 fully saturated rings. The van der Waals surface area contributed by atoms with Crippen LogP contribution in [0.25, 0.3) is 6.08 Å².